The average molecular weight is 138 g/mol. The summed E-state index contributed by atoms with van der Waals surface area (Å²) in [7, 11) is 0. The van der Waals surface area contributed by atoms with Crippen molar-refractivity contribution >= 4 is 0 Å². The molecule has 1 aliphatic rings. The summed E-state index contributed by atoms with van der Waals surface area (Å²) in [6.07, 6.45) is 3.96. The van der Waals surface area contributed by atoms with Crippen LogP contribution in [0, 0.1) is 5.41 Å². The van der Waals surface area contributed by atoms with Crippen molar-refractivity contribution in [3.05, 3.63) is 11.1 Å². The highest BCUT2D eigenvalue weighted by molar-refractivity contribution is 5.24. The molecule has 0 aliphatic heterocycles. The predicted octanol–water partition coefficient (Wildman–Crippen LogP) is 3.53. The molecule has 0 aromatic heterocycles. The van der Waals surface area contributed by atoms with Crippen LogP contribution >= 0.6 is 0 Å². The largest absolute Gasteiger partial charge is 0.0710 e. The van der Waals surface area contributed by atoms with Crippen LogP contribution in [0.15, 0.2) is 11.1 Å². The van der Waals surface area contributed by atoms with Gasteiger partial charge in [0.1, 0.15) is 0 Å². The van der Waals surface area contributed by atoms with Gasteiger partial charge in [0.25, 0.3) is 0 Å². The lowest BCUT2D eigenvalue weighted by molar-refractivity contribution is 0.443. The van der Waals surface area contributed by atoms with Crippen LogP contribution in [0.5, 0.6) is 0 Å². The van der Waals surface area contributed by atoms with Crippen LogP contribution in [-0.2, 0) is 0 Å². The Morgan fingerprint density at radius 1 is 1.40 bits per heavy atom. The lowest BCUT2D eigenvalue weighted by Crippen LogP contribution is -2.06. The summed E-state index contributed by atoms with van der Waals surface area (Å²) in [5.41, 5.74) is 3.85. The van der Waals surface area contributed by atoms with Gasteiger partial charge in [0.15, 0.2) is 0 Å². The molecule has 0 saturated heterocycles. The van der Waals surface area contributed by atoms with Crippen LogP contribution in [0.2, 0.25) is 0 Å². The van der Waals surface area contributed by atoms with Gasteiger partial charge in [0.05, 0.1) is 0 Å². The van der Waals surface area contributed by atoms with Gasteiger partial charge in [-0.25, -0.2) is 0 Å². The van der Waals surface area contributed by atoms with E-state index in [1.54, 1.807) is 11.1 Å². The van der Waals surface area contributed by atoms with Crippen molar-refractivity contribution in [3.63, 3.8) is 0 Å². The zero-order chi connectivity index (χ0) is 7.78. The van der Waals surface area contributed by atoms with Gasteiger partial charge in [0.2, 0.25) is 0 Å². The Balaban J connectivity index is 2.84. The van der Waals surface area contributed by atoms with Crippen molar-refractivity contribution in [1.29, 1.82) is 0 Å². The van der Waals surface area contributed by atoms with Crippen molar-refractivity contribution in [3.8, 4) is 0 Å². The fraction of sp³-hybridized carbons (Fsp3) is 0.800. The number of hydrogen-bond acceptors (Lipinski definition) is 0. The highest BCUT2D eigenvalue weighted by Gasteiger charge is 2.27. The van der Waals surface area contributed by atoms with Gasteiger partial charge in [0, 0.05) is 0 Å². The van der Waals surface area contributed by atoms with Crippen LogP contribution in [-0.4, -0.2) is 0 Å². The van der Waals surface area contributed by atoms with E-state index in [-0.39, 0.29) is 0 Å². The Kier molecular flexibility index (Phi) is 1.89. The number of rotatable bonds is 1. The lowest BCUT2D eigenvalue weighted by Gasteiger charge is -2.19. The zero-order valence-corrected chi connectivity index (χ0v) is 7.62. The van der Waals surface area contributed by atoms with Crippen LogP contribution in [0.1, 0.15) is 47.0 Å². The predicted molar refractivity (Wildman–Crippen MR) is 46.0 cm³/mol. The first-order chi connectivity index (χ1) is 4.58. The van der Waals surface area contributed by atoms with E-state index < -0.39 is 0 Å². The van der Waals surface area contributed by atoms with E-state index in [1.807, 2.05) is 0 Å². The Morgan fingerprint density at radius 3 is 2.20 bits per heavy atom. The van der Waals surface area contributed by atoms with Gasteiger partial charge in [-0.3, -0.25) is 0 Å². The average Bonchev–Trinajstić information content (AvgIpc) is 2.10. The molecule has 1 rings (SSSR count). The Morgan fingerprint density at radius 2 is 2.00 bits per heavy atom. The third-order valence-corrected chi connectivity index (χ3v) is 3.02. The highest BCUT2D eigenvalue weighted by atomic mass is 14.3. The van der Waals surface area contributed by atoms with Crippen molar-refractivity contribution < 1.29 is 0 Å². The Bertz CT molecular complexity index is 161. The maximum Gasteiger partial charge on any atom is -0.0142 e. The first-order valence-corrected chi connectivity index (χ1v) is 4.27. The van der Waals surface area contributed by atoms with E-state index in [1.165, 1.54) is 19.3 Å². The van der Waals surface area contributed by atoms with E-state index in [0.717, 1.165) is 0 Å². The minimum Gasteiger partial charge on any atom is -0.0710 e. The molecule has 58 valence electrons. The molecule has 0 nitrogen and oxygen atoms in total. The van der Waals surface area contributed by atoms with E-state index in [9.17, 15) is 0 Å². The Hall–Kier alpha value is -0.260. The monoisotopic (exact) mass is 138 g/mol. The molecule has 0 heterocycles. The summed E-state index contributed by atoms with van der Waals surface area (Å²) in [6.45, 7) is 9.27. The molecule has 1 aliphatic carbocycles. The maximum absolute atomic E-state index is 2.35. The molecule has 10 heavy (non-hydrogen) atoms. The number of hydrogen-bond donors (Lipinski definition) is 0. The second-order valence-corrected chi connectivity index (χ2v) is 3.97. The molecule has 0 heteroatoms. The first kappa shape index (κ1) is 7.84. The van der Waals surface area contributed by atoms with Gasteiger partial charge in [-0.15, -0.1) is 0 Å². The zero-order valence-electron chi connectivity index (χ0n) is 7.62. The molecule has 0 saturated carbocycles. The SMILES string of the molecule is CCC1=C(C)C(C)(C)CC1. The van der Waals surface area contributed by atoms with Crippen molar-refractivity contribution in [2.24, 2.45) is 5.41 Å². The fourth-order valence-corrected chi connectivity index (χ4v) is 1.76. The molecular weight excluding hydrogens is 120 g/mol. The van der Waals surface area contributed by atoms with Crippen molar-refractivity contribution in [2.75, 3.05) is 0 Å². The molecule has 0 aromatic carbocycles. The maximum atomic E-state index is 2.35. The van der Waals surface area contributed by atoms with Crippen molar-refractivity contribution in [2.45, 2.75) is 47.0 Å². The minimum absolute atomic E-state index is 0.505. The molecule has 0 atom stereocenters. The van der Waals surface area contributed by atoms with E-state index in [2.05, 4.69) is 27.7 Å². The molecule has 0 fully saturated rings. The van der Waals surface area contributed by atoms with E-state index >= 15 is 0 Å². The molecular formula is C10H18. The van der Waals surface area contributed by atoms with Crippen LogP contribution in [0.4, 0.5) is 0 Å². The van der Waals surface area contributed by atoms with Crippen LogP contribution in [0.25, 0.3) is 0 Å². The molecule has 0 unspecified atom stereocenters. The third-order valence-electron chi connectivity index (χ3n) is 3.02. The lowest BCUT2D eigenvalue weighted by atomic mass is 9.86. The summed E-state index contributed by atoms with van der Waals surface area (Å²) in [5, 5.41) is 0. The van der Waals surface area contributed by atoms with Crippen LogP contribution in [0.3, 0.4) is 0 Å². The summed E-state index contributed by atoms with van der Waals surface area (Å²) in [6, 6.07) is 0. The topological polar surface area (TPSA) is 0 Å². The van der Waals surface area contributed by atoms with E-state index in [0.29, 0.717) is 5.41 Å². The fourth-order valence-electron chi connectivity index (χ4n) is 1.76. The normalized spacial score (nSPS) is 24.0. The second kappa shape index (κ2) is 2.41. The molecule has 0 N–H and O–H groups in total. The smallest absolute Gasteiger partial charge is 0.0142 e. The van der Waals surface area contributed by atoms with Gasteiger partial charge in [-0.2, -0.15) is 0 Å². The summed E-state index contributed by atoms with van der Waals surface area (Å²) in [4.78, 5) is 0. The van der Waals surface area contributed by atoms with Crippen molar-refractivity contribution in [1.82, 2.24) is 0 Å². The summed E-state index contributed by atoms with van der Waals surface area (Å²) < 4.78 is 0. The van der Waals surface area contributed by atoms with Gasteiger partial charge >= 0.3 is 0 Å². The highest BCUT2D eigenvalue weighted by Crippen LogP contribution is 2.42. The molecule has 0 radical (unpaired) electrons. The molecule has 0 amide bonds. The van der Waals surface area contributed by atoms with E-state index in [4.69, 9.17) is 0 Å². The molecule has 0 bridgehead atoms. The quantitative estimate of drug-likeness (QED) is 0.486. The number of allylic oxidation sites excluding steroid dienone is 2. The summed E-state index contributed by atoms with van der Waals surface area (Å²) in [5.74, 6) is 0. The van der Waals surface area contributed by atoms with Gasteiger partial charge in [-0.1, -0.05) is 31.9 Å². The van der Waals surface area contributed by atoms with Crippen LogP contribution < -0.4 is 0 Å². The first-order valence-electron chi connectivity index (χ1n) is 4.27. The third kappa shape index (κ3) is 1.12. The van der Waals surface area contributed by atoms with Gasteiger partial charge < -0.3 is 0 Å². The molecule has 0 spiro atoms. The Labute approximate surface area is 64.3 Å². The minimum atomic E-state index is 0.505. The molecule has 0 aromatic rings. The van der Waals surface area contributed by atoms with Gasteiger partial charge in [-0.05, 0) is 31.6 Å². The standard InChI is InChI=1S/C10H18/c1-5-9-6-7-10(3,4)8(9)2/h5-7H2,1-4H3. The second-order valence-electron chi connectivity index (χ2n) is 3.97. The summed E-state index contributed by atoms with van der Waals surface area (Å²) >= 11 is 0.